The summed E-state index contributed by atoms with van der Waals surface area (Å²) in [5, 5.41) is 0. The maximum atomic E-state index is 11.7. The molecule has 19 heavy (non-hydrogen) atoms. The van der Waals surface area contributed by atoms with E-state index in [-0.39, 0.29) is 11.0 Å². The van der Waals surface area contributed by atoms with E-state index in [1.165, 1.54) is 25.2 Å². The molecule has 0 fully saturated rings. The van der Waals surface area contributed by atoms with Crippen molar-refractivity contribution in [2.24, 2.45) is 0 Å². The van der Waals surface area contributed by atoms with Crippen LogP contribution in [0.4, 0.5) is 5.69 Å². The number of benzene rings is 1. The SMILES string of the molecule is CNS(=O)(=O)c1ccc(N)c(OCCOC(C)C)c1. The van der Waals surface area contributed by atoms with Gasteiger partial charge in [-0.2, -0.15) is 0 Å². The Balaban J connectivity index is 2.75. The summed E-state index contributed by atoms with van der Waals surface area (Å²) in [6, 6.07) is 4.33. The van der Waals surface area contributed by atoms with Gasteiger partial charge in [-0.3, -0.25) is 0 Å². The molecule has 1 rings (SSSR count). The first-order valence-electron chi connectivity index (χ1n) is 5.94. The molecule has 0 unspecified atom stereocenters. The van der Waals surface area contributed by atoms with Gasteiger partial charge in [0.1, 0.15) is 12.4 Å². The summed E-state index contributed by atoms with van der Waals surface area (Å²) < 4.78 is 36.3. The lowest BCUT2D eigenvalue weighted by Gasteiger charge is -2.12. The van der Waals surface area contributed by atoms with Gasteiger partial charge in [0.15, 0.2) is 0 Å². The van der Waals surface area contributed by atoms with Crippen molar-refractivity contribution >= 4 is 15.7 Å². The molecular formula is C12H20N2O4S. The molecule has 7 heteroatoms. The van der Waals surface area contributed by atoms with Crippen molar-refractivity contribution in [2.75, 3.05) is 26.0 Å². The van der Waals surface area contributed by atoms with Crippen LogP contribution in [0.1, 0.15) is 13.8 Å². The average molecular weight is 288 g/mol. The minimum atomic E-state index is -3.50. The summed E-state index contributed by atoms with van der Waals surface area (Å²) in [5.41, 5.74) is 6.12. The van der Waals surface area contributed by atoms with Gasteiger partial charge < -0.3 is 15.2 Å². The molecule has 3 N–H and O–H groups in total. The smallest absolute Gasteiger partial charge is 0.240 e. The van der Waals surface area contributed by atoms with Gasteiger partial charge in [-0.05, 0) is 33.0 Å². The third kappa shape index (κ3) is 4.70. The van der Waals surface area contributed by atoms with Crippen molar-refractivity contribution in [3.05, 3.63) is 18.2 Å². The number of ether oxygens (including phenoxy) is 2. The normalized spacial score (nSPS) is 11.8. The Bertz CT molecular complexity index is 514. The molecule has 0 aromatic heterocycles. The predicted molar refractivity (Wildman–Crippen MR) is 73.7 cm³/mol. The van der Waals surface area contributed by atoms with E-state index in [9.17, 15) is 8.42 Å². The van der Waals surface area contributed by atoms with Crippen molar-refractivity contribution < 1.29 is 17.9 Å². The molecule has 0 radical (unpaired) electrons. The summed E-state index contributed by atoms with van der Waals surface area (Å²) in [4.78, 5) is 0.115. The summed E-state index contributed by atoms with van der Waals surface area (Å²) >= 11 is 0. The monoisotopic (exact) mass is 288 g/mol. The molecule has 1 aromatic rings. The van der Waals surface area contributed by atoms with Crippen molar-refractivity contribution in [1.82, 2.24) is 4.72 Å². The highest BCUT2D eigenvalue weighted by Crippen LogP contribution is 2.25. The van der Waals surface area contributed by atoms with Crippen LogP contribution in [-0.2, 0) is 14.8 Å². The highest BCUT2D eigenvalue weighted by molar-refractivity contribution is 7.89. The molecule has 0 aliphatic rings. The van der Waals surface area contributed by atoms with Crippen LogP contribution in [0.25, 0.3) is 0 Å². The second-order valence-electron chi connectivity index (χ2n) is 4.18. The van der Waals surface area contributed by atoms with E-state index in [1.807, 2.05) is 13.8 Å². The lowest BCUT2D eigenvalue weighted by molar-refractivity contribution is 0.0554. The van der Waals surface area contributed by atoms with Gasteiger partial charge in [-0.15, -0.1) is 0 Å². The first kappa shape index (κ1) is 15.7. The molecule has 0 atom stereocenters. The number of hydrogen-bond acceptors (Lipinski definition) is 5. The van der Waals surface area contributed by atoms with Crippen molar-refractivity contribution in [3.8, 4) is 5.75 Å². The third-order valence-corrected chi connectivity index (χ3v) is 3.77. The predicted octanol–water partition coefficient (Wildman–Crippen LogP) is 0.981. The van der Waals surface area contributed by atoms with Gasteiger partial charge >= 0.3 is 0 Å². The summed E-state index contributed by atoms with van der Waals surface area (Å²) in [6.07, 6.45) is 0.122. The van der Waals surface area contributed by atoms with Crippen LogP contribution in [0.2, 0.25) is 0 Å². The fourth-order valence-corrected chi connectivity index (χ4v) is 2.11. The Morgan fingerprint density at radius 3 is 2.58 bits per heavy atom. The fraction of sp³-hybridized carbons (Fsp3) is 0.500. The topological polar surface area (TPSA) is 90.7 Å². The minimum Gasteiger partial charge on any atom is -0.489 e. The van der Waals surface area contributed by atoms with E-state index >= 15 is 0 Å². The van der Waals surface area contributed by atoms with E-state index in [0.29, 0.717) is 24.7 Å². The lowest BCUT2D eigenvalue weighted by Crippen LogP contribution is -2.19. The minimum absolute atomic E-state index is 0.115. The second kappa shape index (κ2) is 6.74. The van der Waals surface area contributed by atoms with Crippen molar-refractivity contribution in [1.29, 1.82) is 0 Å². The molecule has 0 amide bonds. The highest BCUT2D eigenvalue weighted by Gasteiger charge is 2.13. The first-order chi connectivity index (χ1) is 8.86. The number of nitrogens with one attached hydrogen (secondary N) is 1. The fourth-order valence-electron chi connectivity index (χ4n) is 1.36. The molecule has 0 heterocycles. The van der Waals surface area contributed by atoms with Gasteiger partial charge in [-0.1, -0.05) is 0 Å². The number of anilines is 1. The largest absolute Gasteiger partial charge is 0.489 e. The zero-order chi connectivity index (χ0) is 14.5. The zero-order valence-electron chi connectivity index (χ0n) is 11.3. The molecule has 0 aliphatic carbocycles. The zero-order valence-corrected chi connectivity index (χ0v) is 12.2. The number of rotatable bonds is 7. The quantitative estimate of drug-likeness (QED) is 0.576. The summed E-state index contributed by atoms with van der Waals surface area (Å²) in [6.45, 7) is 4.58. The van der Waals surface area contributed by atoms with Gasteiger partial charge in [0.05, 0.1) is 23.3 Å². The highest BCUT2D eigenvalue weighted by atomic mass is 32.2. The number of sulfonamides is 1. The van der Waals surface area contributed by atoms with Crippen LogP contribution in [0.5, 0.6) is 5.75 Å². The third-order valence-electron chi connectivity index (χ3n) is 2.36. The molecule has 0 saturated carbocycles. The van der Waals surface area contributed by atoms with E-state index in [2.05, 4.69) is 4.72 Å². The molecule has 0 saturated heterocycles. The van der Waals surface area contributed by atoms with Crippen LogP contribution < -0.4 is 15.2 Å². The van der Waals surface area contributed by atoms with Crippen molar-refractivity contribution in [2.45, 2.75) is 24.8 Å². The molecule has 0 aliphatic heterocycles. The molecule has 0 bridgehead atoms. The van der Waals surface area contributed by atoms with E-state index < -0.39 is 10.0 Å². The van der Waals surface area contributed by atoms with Gasteiger partial charge in [-0.25, -0.2) is 13.1 Å². The summed E-state index contributed by atoms with van der Waals surface area (Å²) in [7, 11) is -2.15. The van der Waals surface area contributed by atoms with E-state index in [4.69, 9.17) is 15.2 Å². The Hall–Kier alpha value is -1.31. The molecule has 108 valence electrons. The number of hydrogen-bond donors (Lipinski definition) is 2. The standard InChI is InChI=1S/C12H20N2O4S/c1-9(2)17-6-7-18-12-8-10(4-5-11(12)13)19(15,16)14-3/h4-5,8-9,14H,6-7,13H2,1-3H3. The Labute approximate surface area is 113 Å². The van der Waals surface area contributed by atoms with E-state index in [0.717, 1.165) is 0 Å². The Morgan fingerprint density at radius 1 is 1.32 bits per heavy atom. The first-order valence-corrected chi connectivity index (χ1v) is 7.42. The van der Waals surface area contributed by atoms with Crippen LogP contribution in [0.3, 0.4) is 0 Å². The molecule has 6 nitrogen and oxygen atoms in total. The van der Waals surface area contributed by atoms with Gasteiger partial charge in [0.25, 0.3) is 0 Å². The van der Waals surface area contributed by atoms with Crippen LogP contribution in [-0.4, -0.2) is 34.8 Å². The lowest BCUT2D eigenvalue weighted by atomic mass is 10.3. The molecule has 0 spiro atoms. The molecule has 1 aromatic carbocycles. The number of nitrogens with two attached hydrogens (primary N) is 1. The maximum Gasteiger partial charge on any atom is 0.240 e. The Morgan fingerprint density at radius 2 is 2.00 bits per heavy atom. The van der Waals surface area contributed by atoms with Crippen LogP contribution in [0.15, 0.2) is 23.1 Å². The second-order valence-corrected chi connectivity index (χ2v) is 6.06. The maximum absolute atomic E-state index is 11.7. The molecular weight excluding hydrogens is 268 g/mol. The van der Waals surface area contributed by atoms with E-state index in [1.54, 1.807) is 0 Å². The summed E-state index contributed by atoms with van der Waals surface area (Å²) in [5.74, 6) is 0.337. The Kier molecular flexibility index (Phi) is 5.59. The van der Waals surface area contributed by atoms with Crippen molar-refractivity contribution in [3.63, 3.8) is 0 Å². The van der Waals surface area contributed by atoms with Crippen LogP contribution in [0, 0.1) is 0 Å². The van der Waals surface area contributed by atoms with Crippen LogP contribution >= 0.6 is 0 Å². The van der Waals surface area contributed by atoms with Gasteiger partial charge in [0, 0.05) is 6.07 Å². The van der Waals surface area contributed by atoms with Gasteiger partial charge in [0.2, 0.25) is 10.0 Å². The average Bonchev–Trinajstić information content (AvgIpc) is 2.36. The number of nitrogen functional groups attached to an aromatic ring is 1.